The molecule has 1 aliphatic rings. The Morgan fingerprint density at radius 1 is 1.42 bits per heavy atom. The van der Waals surface area contributed by atoms with Gasteiger partial charge in [0.25, 0.3) is 0 Å². The van der Waals surface area contributed by atoms with Crippen LogP contribution in [0.15, 0.2) is 0 Å². The van der Waals surface area contributed by atoms with Crippen molar-refractivity contribution in [1.29, 1.82) is 0 Å². The first-order valence-corrected chi connectivity index (χ1v) is 4.54. The van der Waals surface area contributed by atoms with Crippen molar-refractivity contribution in [2.45, 2.75) is 38.7 Å². The van der Waals surface area contributed by atoms with Gasteiger partial charge in [-0.2, -0.15) is 0 Å². The van der Waals surface area contributed by atoms with Gasteiger partial charge in [-0.05, 0) is 25.7 Å². The van der Waals surface area contributed by atoms with Crippen LogP contribution in [-0.4, -0.2) is 22.3 Å². The highest BCUT2D eigenvalue weighted by Crippen LogP contribution is 2.32. The average molecular weight is 172 g/mol. The summed E-state index contributed by atoms with van der Waals surface area (Å²) in [4.78, 5) is 10.8. The van der Waals surface area contributed by atoms with Gasteiger partial charge in [0.1, 0.15) is 0 Å². The Bertz CT molecular complexity index is 165. The first kappa shape index (κ1) is 9.52. The van der Waals surface area contributed by atoms with Gasteiger partial charge in [-0.3, -0.25) is 4.79 Å². The molecule has 1 fully saturated rings. The molecule has 3 nitrogen and oxygen atoms in total. The summed E-state index contributed by atoms with van der Waals surface area (Å²) in [5.74, 6) is -1.10. The molecule has 0 heterocycles. The van der Waals surface area contributed by atoms with Gasteiger partial charge < -0.3 is 10.2 Å². The molecule has 0 bridgehead atoms. The van der Waals surface area contributed by atoms with Crippen LogP contribution < -0.4 is 0 Å². The Morgan fingerprint density at radius 2 is 2.00 bits per heavy atom. The van der Waals surface area contributed by atoms with E-state index in [9.17, 15) is 9.90 Å². The molecule has 70 valence electrons. The lowest BCUT2D eigenvalue weighted by Gasteiger charge is -2.30. The highest BCUT2D eigenvalue weighted by atomic mass is 16.4. The topological polar surface area (TPSA) is 57.5 Å². The molecule has 0 spiro atoms. The zero-order chi connectivity index (χ0) is 9.14. The van der Waals surface area contributed by atoms with E-state index in [1.54, 1.807) is 6.92 Å². The van der Waals surface area contributed by atoms with Crippen molar-refractivity contribution in [3.8, 4) is 0 Å². The number of hydrogen-bond acceptors (Lipinski definition) is 2. The molecule has 3 atom stereocenters. The molecule has 0 aliphatic heterocycles. The Hall–Kier alpha value is -0.570. The highest BCUT2D eigenvalue weighted by Gasteiger charge is 2.33. The minimum atomic E-state index is -0.749. The summed E-state index contributed by atoms with van der Waals surface area (Å²) < 4.78 is 0. The number of aliphatic hydroxyl groups excluding tert-OH is 1. The average Bonchev–Trinajstić information content (AvgIpc) is 2.04. The summed E-state index contributed by atoms with van der Waals surface area (Å²) in [5.41, 5.74) is 0. The van der Waals surface area contributed by atoms with Crippen LogP contribution in [0.1, 0.15) is 32.6 Å². The quantitative estimate of drug-likeness (QED) is 0.659. The minimum absolute atomic E-state index is 0.0313. The van der Waals surface area contributed by atoms with Crippen molar-refractivity contribution in [3.05, 3.63) is 0 Å². The molecule has 1 aliphatic carbocycles. The van der Waals surface area contributed by atoms with E-state index >= 15 is 0 Å². The number of carboxylic acid groups (broad SMARTS) is 1. The largest absolute Gasteiger partial charge is 0.481 e. The van der Waals surface area contributed by atoms with Crippen molar-refractivity contribution in [3.63, 3.8) is 0 Å². The second kappa shape index (κ2) is 3.90. The molecule has 0 saturated heterocycles. The Balaban J connectivity index is 2.60. The maximum absolute atomic E-state index is 10.8. The van der Waals surface area contributed by atoms with Crippen molar-refractivity contribution >= 4 is 5.97 Å². The molecule has 0 aromatic heterocycles. The molecule has 12 heavy (non-hydrogen) atoms. The number of carbonyl (C=O) groups is 1. The molecule has 1 rings (SSSR count). The molecule has 2 N–H and O–H groups in total. The first-order chi connectivity index (χ1) is 5.63. The van der Waals surface area contributed by atoms with Crippen molar-refractivity contribution in [1.82, 2.24) is 0 Å². The van der Waals surface area contributed by atoms with E-state index in [-0.39, 0.29) is 11.8 Å². The molecule has 1 saturated carbocycles. The number of rotatable bonds is 2. The van der Waals surface area contributed by atoms with Crippen molar-refractivity contribution < 1.29 is 15.0 Å². The standard InChI is InChI=1S/C9H16O3/c1-6(10)7-4-2-3-5-8(7)9(11)12/h6-8,10H,2-5H2,1H3,(H,11,12). The van der Waals surface area contributed by atoms with Gasteiger partial charge in [-0.25, -0.2) is 0 Å². The van der Waals surface area contributed by atoms with Gasteiger partial charge in [0.2, 0.25) is 0 Å². The van der Waals surface area contributed by atoms with Gasteiger partial charge in [0.05, 0.1) is 12.0 Å². The SMILES string of the molecule is CC(O)C1CCCCC1C(=O)O. The molecule has 3 unspecified atom stereocenters. The maximum Gasteiger partial charge on any atom is 0.306 e. The van der Waals surface area contributed by atoms with Gasteiger partial charge in [0, 0.05) is 0 Å². The fraction of sp³-hybridized carbons (Fsp3) is 0.889. The van der Waals surface area contributed by atoms with E-state index < -0.39 is 12.1 Å². The second-order valence-corrected chi connectivity index (χ2v) is 3.63. The zero-order valence-electron chi connectivity index (χ0n) is 7.36. The molecular weight excluding hydrogens is 156 g/mol. The summed E-state index contributed by atoms with van der Waals surface area (Å²) in [6.07, 6.45) is 3.14. The number of aliphatic hydroxyl groups is 1. The molecule has 3 heteroatoms. The fourth-order valence-electron chi connectivity index (χ4n) is 2.04. The molecule has 0 radical (unpaired) electrons. The molecular formula is C9H16O3. The van der Waals surface area contributed by atoms with Crippen LogP contribution in [0.4, 0.5) is 0 Å². The van der Waals surface area contributed by atoms with E-state index in [1.807, 2.05) is 0 Å². The van der Waals surface area contributed by atoms with E-state index in [2.05, 4.69) is 0 Å². The third-order valence-corrected chi connectivity index (χ3v) is 2.76. The zero-order valence-corrected chi connectivity index (χ0v) is 7.36. The van der Waals surface area contributed by atoms with Crippen LogP contribution in [-0.2, 0) is 4.79 Å². The first-order valence-electron chi connectivity index (χ1n) is 4.54. The van der Waals surface area contributed by atoms with Crippen LogP contribution in [0, 0.1) is 11.8 Å². The highest BCUT2D eigenvalue weighted by molar-refractivity contribution is 5.70. The van der Waals surface area contributed by atoms with Crippen LogP contribution in [0.5, 0.6) is 0 Å². The Morgan fingerprint density at radius 3 is 2.42 bits per heavy atom. The van der Waals surface area contributed by atoms with E-state index in [4.69, 9.17) is 5.11 Å². The lowest BCUT2D eigenvalue weighted by molar-refractivity contribution is -0.147. The molecule has 0 aromatic carbocycles. The molecule has 0 aromatic rings. The Kier molecular flexibility index (Phi) is 3.09. The van der Waals surface area contributed by atoms with Crippen LogP contribution in [0.3, 0.4) is 0 Å². The third kappa shape index (κ3) is 1.97. The number of carboxylic acids is 1. The van der Waals surface area contributed by atoms with Crippen LogP contribution in [0.2, 0.25) is 0 Å². The summed E-state index contributed by atoms with van der Waals surface area (Å²) in [7, 11) is 0. The summed E-state index contributed by atoms with van der Waals surface area (Å²) in [6.45, 7) is 1.69. The lowest BCUT2D eigenvalue weighted by Crippen LogP contribution is -2.33. The van der Waals surface area contributed by atoms with Crippen LogP contribution in [0.25, 0.3) is 0 Å². The Labute approximate surface area is 72.4 Å². The van der Waals surface area contributed by atoms with E-state index in [0.29, 0.717) is 0 Å². The fourth-order valence-corrected chi connectivity index (χ4v) is 2.04. The van der Waals surface area contributed by atoms with Gasteiger partial charge in [-0.15, -0.1) is 0 Å². The number of hydrogen-bond donors (Lipinski definition) is 2. The summed E-state index contributed by atoms with van der Waals surface area (Å²) in [5, 5.41) is 18.2. The van der Waals surface area contributed by atoms with E-state index in [1.165, 1.54) is 0 Å². The van der Waals surface area contributed by atoms with Crippen molar-refractivity contribution in [2.24, 2.45) is 11.8 Å². The lowest BCUT2D eigenvalue weighted by atomic mass is 9.77. The predicted octanol–water partition coefficient (Wildman–Crippen LogP) is 1.26. The maximum atomic E-state index is 10.8. The molecule has 0 amide bonds. The van der Waals surface area contributed by atoms with Gasteiger partial charge >= 0.3 is 5.97 Å². The third-order valence-electron chi connectivity index (χ3n) is 2.76. The van der Waals surface area contributed by atoms with E-state index in [0.717, 1.165) is 25.7 Å². The van der Waals surface area contributed by atoms with Crippen LogP contribution >= 0.6 is 0 Å². The summed E-state index contributed by atoms with van der Waals surface area (Å²) >= 11 is 0. The smallest absolute Gasteiger partial charge is 0.306 e. The minimum Gasteiger partial charge on any atom is -0.481 e. The second-order valence-electron chi connectivity index (χ2n) is 3.63. The monoisotopic (exact) mass is 172 g/mol. The predicted molar refractivity (Wildman–Crippen MR) is 44.8 cm³/mol. The summed E-state index contributed by atoms with van der Waals surface area (Å²) in [6, 6.07) is 0. The van der Waals surface area contributed by atoms with Crippen molar-refractivity contribution in [2.75, 3.05) is 0 Å². The van der Waals surface area contributed by atoms with Gasteiger partial charge in [0.15, 0.2) is 0 Å². The van der Waals surface area contributed by atoms with Gasteiger partial charge in [-0.1, -0.05) is 12.8 Å². The normalized spacial score (nSPS) is 32.8. The number of aliphatic carboxylic acids is 1.